The van der Waals surface area contributed by atoms with Crippen molar-refractivity contribution in [3.05, 3.63) is 35.9 Å². The lowest BCUT2D eigenvalue weighted by Crippen LogP contribution is -2.46. The van der Waals surface area contributed by atoms with E-state index in [1.54, 1.807) is 11.9 Å². The average Bonchev–Trinajstić information content (AvgIpc) is 2.46. The third kappa shape index (κ3) is 4.51. The van der Waals surface area contributed by atoms with E-state index in [1.807, 2.05) is 30.3 Å². The monoisotopic (exact) mass is 278 g/mol. The number of hydrogen-bond donors (Lipinski definition) is 0. The molecule has 0 aromatic heterocycles. The first-order valence-electron chi connectivity index (χ1n) is 6.87. The van der Waals surface area contributed by atoms with Crippen molar-refractivity contribution in [3.63, 3.8) is 0 Å². The summed E-state index contributed by atoms with van der Waals surface area (Å²) in [7, 11) is 3.80. The molecule has 2 rings (SSSR count). The maximum Gasteiger partial charge on any atom is 0.409 e. The lowest BCUT2D eigenvalue weighted by atomic mass is 10.2. The Balaban J connectivity index is 1.74. The molecule has 20 heavy (non-hydrogen) atoms. The maximum atomic E-state index is 11.9. The van der Waals surface area contributed by atoms with E-state index in [9.17, 15) is 4.79 Å². The van der Waals surface area contributed by atoms with E-state index in [-0.39, 0.29) is 12.2 Å². The molecule has 110 valence electrons. The molecule has 5 heteroatoms. The number of carbonyl (C=O) groups excluding carboxylic acids is 1. The van der Waals surface area contributed by atoms with Crippen LogP contribution in [0.5, 0.6) is 0 Å². The fourth-order valence-electron chi connectivity index (χ4n) is 2.19. The van der Waals surface area contributed by atoms with Gasteiger partial charge in [-0.3, -0.25) is 0 Å². The van der Waals surface area contributed by atoms with Crippen LogP contribution in [0.4, 0.5) is 4.79 Å². The van der Waals surface area contributed by atoms with Crippen molar-refractivity contribution in [1.82, 2.24) is 9.80 Å². The van der Waals surface area contributed by atoms with Crippen LogP contribution >= 0.6 is 0 Å². The van der Waals surface area contributed by atoms with Crippen LogP contribution in [0.15, 0.2) is 30.3 Å². The van der Waals surface area contributed by atoms with Gasteiger partial charge in [0.2, 0.25) is 0 Å². The highest BCUT2D eigenvalue weighted by Gasteiger charge is 2.21. The van der Waals surface area contributed by atoms with Crippen LogP contribution in [0.3, 0.4) is 0 Å². The highest BCUT2D eigenvalue weighted by atomic mass is 16.6. The topological polar surface area (TPSA) is 42.0 Å². The molecule has 1 amide bonds. The molecule has 1 aromatic carbocycles. The van der Waals surface area contributed by atoms with E-state index in [0.29, 0.717) is 19.8 Å². The van der Waals surface area contributed by atoms with Crippen molar-refractivity contribution < 1.29 is 14.3 Å². The predicted octanol–water partition coefficient (Wildman–Crippen LogP) is 1.59. The minimum atomic E-state index is -0.314. The standard InChI is InChI=1S/C15H22N2O3/c1-16-8-9-19-14(10-16)11-17(2)15(18)20-12-13-6-4-3-5-7-13/h3-7,14H,8-12H2,1-2H3. The Morgan fingerprint density at radius 1 is 1.45 bits per heavy atom. The van der Waals surface area contributed by atoms with Gasteiger partial charge in [0.15, 0.2) is 0 Å². The van der Waals surface area contributed by atoms with Crippen molar-refractivity contribution in [2.24, 2.45) is 0 Å². The summed E-state index contributed by atoms with van der Waals surface area (Å²) in [6.45, 7) is 3.36. The summed E-state index contributed by atoms with van der Waals surface area (Å²) in [5.41, 5.74) is 0.989. The van der Waals surface area contributed by atoms with E-state index >= 15 is 0 Å². The first-order chi connectivity index (χ1) is 9.65. The van der Waals surface area contributed by atoms with E-state index in [4.69, 9.17) is 9.47 Å². The minimum Gasteiger partial charge on any atom is -0.445 e. The fraction of sp³-hybridized carbons (Fsp3) is 0.533. The number of carbonyl (C=O) groups is 1. The Kier molecular flexibility index (Phi) is 5.38. The molecule has 1 aromatic rings. The van der Waals surface area contributed by atoms with E-state index in [2.05, 4.69) is 11.9 Å². The lowest BCUT2D eigenvalue weighted by Gasteiger charge is -2.32. The predicted molar refractivity (Wildman–Crippen MR) is 76.5 cm³/mol. The van der Waals surface area contributed by atoms with Crippen LogP contribution in [-0.4, -0.2) is 62.3 Å². The summed E-state index contributed by atoms with van der Waals surface area (Å²) in [6, 6.07) is 9.67. The van der Waals surface area contributed by atoms with Gasteiger partial charge >= 0.3 is 6.09 Å². The summed E-state index contributed by atoms with van der Waals surface area (Å²) >= 11 is 0. The maximum absolute atomic E-state index is 11.9. The molecular formula is C15H22N2O3. The summed E-state index contributed by atoms with van der Waals surface area (Å²) in [4.78, 5) is 15.7. The smallest absolute Gasteiger partial charge is 0.409 e. The van der Waals surface area contributed by atoms with Crippen molar-refractivity contribution in [1.29, 1.82) is 0 Å². The number of amides is 1. The van der Waals surface area contributed by atoms with Crippen molar-refractivity contribution in [2.75, 3.05) is 40.3 Å². The van der Waals surface area contributed by atoms with Gasteiger partial charge in [0.25, 0.3) is 0 Å². The molecule has 0 aliphatic carbocycles. The summed E-state index contributed by atoms with van der Waals surface area (Å²) in [6.07, 6.45) is -0.256. The van der Waals surface area contributed by atoms with Crippen LogP contribution in [0.1, 0.15) is 5.56 Å². The highest BCUT2D eigenvalue weighted by Crippen LogP contribution is 2.07. The van der Waals surface area contributed by atoms with E-state index in [1.165, 1.54) is 0 Å². The molecule has 1 unspecified atom stereocenters. The van der Waals surface area contributed by atoms with Gasteiger partial charge in [-0.2, -0.15) is 0 Å². The van der Waals surface area contributed by atoms with Gasteiger partial charge in [0.05, 0.1) is 19.3 Å². The first-order valence-corrected chi connectivity index (χ1v) is 6.87. The van der Waals surface area contributed by atoms with Crippen molar-refractivity contribution in [3.8, 4) is 0 Å². The molecule has 5 nitrogen and oxygen atoms in total. The Hall–Kier alpha value is -1.59. The average molecular weight is 278 g/mol. The number of hydrogen-bond acceptors (Lipinski definition) is 4. The Morgan fingerprint density at radius 3 is 2.90 bits per heavy atom. The molecule has 1 aliphatic heterocycles. The second-order valence-electron chi connectivity index (χ2n) is 5.18. The van der Waals surface area contributed by atoms with Crippen LogP contribution in [-0.2, 0) is 16.1 Å². The first kappa shape index (κ1) is 14.8. The van der Waals surface area contributed by atoms with Gasteiger partial charge in [-0.05, 0) is 12.6 Å². The van der Waals surface area contributed by atoms with Crippen LogP contribution < -0.4 is 0 Å². The van der Waals surface area contributed by atoms with Crippen LogP contribution in [0, 0.1) is 0 Å². The van der Waals surface area contributed by atoms with Crippen LogP contribution in [0.2, 0.25) is 0 Å². The quantitative estimate of drug-likeness (QED) is 0.838. The van der Waals surface area contributed by atoms with Gasteiger partial charge in [-0.25, -0.2) is 4.79 Å². The largest absolute Gasteiger partial charge is 0.445 e. The number of likely N-dealkylation sites (N-methyl/N-ethyl adjacent to an activating group) is 2. The molecule has 1 heterocycles. The molecule has 0 spiro atoms. The Bertz CT molecular complexity index is 424. The van der Waals surface area contributed by atoms with Crippen molar-refractivity contribution >= 4 is 6.09 Å². The lowest BCUT2D eigenvalue weighted by molar-refractivity contribution is -0.0323. The number of nitrogens with zero attached hydrogens (tertiary/aromatic N) is 2. The SMILES string of the molecule is CN1CCOC(CN(C)C(=O)OCc2ccccc2)C1. The number of ether oxygens (including phenoxy) is 2. The summed E-state index contributed by atoms with van der Waals surface area (Å²) in [5.74, 6) is 0. The molecule has 0 bridgehead atoms. The van der Waals surface area contributed by atoms with E-state index < -0.39 is 0 Å². The Labute approximate surface area is 120 Å². The number of rotatable bonds is 4. The molecule has 1 saturated heterocycles. The second kappa shape index (κ2) is 7.26. The zero-order valence-electron chi connectivity index (χ0n) is 12.1. The van der Waals surface area contributed by atoms with Gasteiger partial charge in [0.1, 0.15) is 6.61 Å². The molecule has 0 N–H and O–H groups in total. The zero-order valence-corrected chi connectivity index (χ0v) is 12.1. The Morgan fingerprint density at radius 2 is 2.20 bits per heavy atom. The highest BCUT2D eigenvalue weighted by molar-refractivity contribution is 5.67. The third-order valence-electron chi connectivity index (χ3n) is 3.34. The van der Waals surface area contributed by atoms with Gasteiger partial charge in [-0.1, -0.05) is 30.3 Å². The fourth-order valence-corrected chi connectivity index (χ4v) is 2.19. The van der Waals surface area contributed by atoms with E-state index in [0.717, 1.165) is 18.7 Å². The second-order valence-corrected chi connectivity index (χ2v) is 5.18. The normalized spacial score (nSPS) is 19.6. The molecule has 0 saturated carbocycles. The number of benzene rings is 1. The molecule has 1 aliphatic rings. The molecule has 1 atom stereocenters. The number of morpholine rings is 1. The molecular weight excluding hydrogens is 256 g/mol. The van der Waals surface area contributed by atoms with Crippen molar-refractivity contribution in [2.45, 2.75) is 12.7 Å². The summed E-state index contributed by atoms with van der Waals surface area (Å²) < 4.78 is 10.9. The molecule has 1 fully saturated rings. The third-order valence-corrected chi connectivity index (χ3v) is 3.34. The van der Waals surface area contributed by atoms with Crippen LogP contribution in [0.25, 0.3) is 0 Å². The molecule has 0 radical (unpaired) electrons. The van der Waals surface area contributed by atoms with Gasteiger partial charge < -0.3 is 19.3 Å². The minimum absolute atomic E-state index is 0.0584. The zero-order chi connectivity index (χ0) is 14.4. The summed E-state index contributed by atoms with van der Waals surface area (Å²) in [5, 5.41) is 0. The van der Waals surface area contributed by atoms with Gasteiger partial charge in [0, 0.05) is 20.1 Å². The van der Waals surface area contributed by atoms with Gasteiger partial charge in [-0.15, -0.1) is 0 Å².